The Morgan fingerprint density at radius 2 is 1.39 bits per heavy atom. The third kappa shape index (κ3) is 9.55. The van der Waals surface area contributed by atoms with E-state index in [2.05, 4.69) is 20.9 Å². The van der Waals surface area contributed by atoms with Crippen LogP contribution in [0, 0.1) is 0 Å². The molecule has 4 N–H and O–H groups in total. The van der Waals surface area contributed by atoms with E-state index in [4.69, 9.17) is 9.47 Å². The van der Waals surface area contributed by atoms with E-state index in [0.717, 1.165) is 22.0 Å². The average Bonchev–Trinajstić information content (AvgIpc) is 3.49. The first-order chi connectivity index (χ1) is 21.3. The number of H-pyrrole nitrogens is 1. The summed E-state index contributed by atoms with van der Waals surface area (Å²) in [5, 5.41) is 8.43. The molecule has 228 valence electrons. The van der Waals surface area contributed by atoms with Gasteiger partial charge in [0.2, 0.25) is 11.8 Å². The highest BCUT2D eigenvalue weighted by molar-refractivity contribution is 6.00. The fourth-order valence-corrected chi connectivity index (χ4v) is 4.26. The Labute approximate surface area is 254 Å². The van der Waals surface area contributed by atoms with Gasteiger partial charge in [0.15, 0.2) is 0 Å². The lowest BCUT2D eigenvalue weighted by atomic mass is 10.1. The van der Waals surface area contributed by atoms with Crippen LogP contribution in [0.4, 0.5) is 0 Å². The zero-order chi connectivity index (χ0) is 31.3. The molecule has 0 bridgehead atoms. The number of esters is 2. The summed E-state index contributed by atoms with van der Waals surface area (Å²) in [4.78, 5) is 66.2. The Morgan fingerprint density at radius 1 is 0.773 bits per heavy atom. The highest BCUT2D eigenvalue weighted by Gasteiger charge is 2.27. The summed E-state index contributed by atoms with van der Waals surface area (Å²) in [6.45, 7) is 1.12. The Bertz CT molecular complexity index is 1550. The van der Waals surface area contributed by atoms with Crippen LogP contribution in [0.25, 0.3) is 10.9 Å². The second kappa shape index (κ2) is 15.7. The monoisotopic (exact) mass is 598 g/mol. The summed E-state index contributed by atoms with van der Waals surface area (Å²) in [6, 6.07) is 25.0. The summed E-state index contributed by atoms with van der Waals surface area (Å²) < 4.78 is 10.7. The molecular formula is C33H34N4O7. The van der Waals surface area contributed by atoms with Crippen LogP contribution in [-0.2, 0) is 41.9 Å². The van der Waals surface area contributed by atoms with Crippen molar-refractivity contribution in [3.63, 3.8) is 0 Å². The zero-order valence-electron chi connectivity index (χ0n) is 24.2. The topological polar surface area (TPSA) is 156 Å². The normalized spacial score (nSPS) is 12.0. The first-order valence-corrected chi connectivity index (χ1v) is 14.1. The van der Waals surface area contributed by atoms with Gasteiger partial charge in [-0.3, -0.25) is 19.2 Å². The fourth-order valence-electron chi connectivity index (χ4n) is 4.26. The lowest BCUT2D eigenvalue weighted by Gasteiger charge is -2.20. The van der Waals surface area contributed by atoms with E-state index in [1.54, 1.807) is 30.3 Å². The van der Waals surface area contributed by atoms with Crippen LogP contribution in [0.5, 0.6) is 0 Å². The minimum absolute atomic E-state index is 0.0210. The molecule has 0 saturated heterocycles. The molecule has 3 amide bonds. The third-order valence-electron chi connectivity index (χ3n) is 6.66. The van der Waals surface area contributed by atoms with Crippen LogP contribution < -0.4 is 16.0 Å². The van der Waals surface area contributed by atoms with Crippen LogP contribution in [0.3, 0.4) is 0 Å². The van der Waals surface area contributed by atoms with Gasteiger partial charge in [-0.1, -0.05) is 78.9 Å². The molecule has 3 aromatic carbocycles. The highest BCUT2D eigenvalue weighted by Crippen LogP contribution is 2.14. The molecule has 0 aliphatic heterocycles. The summed E-state index contributed by atoms with van der Waals surface area (Å²) in [6.07, 6.45) is -0.229. The number of hydrogen-bond donors (Lipinski definition) is 4. The summed E-state index contributed by atoms with van der Waals surface area (Å²) >= 11 is 0. The molecule has 0 aliphatic carbocycles. The van der Waals surface area contributed by atoms with Gasteiger partial charge < -0.3 is 30.4 Å². The van der Waals surface area contributed by atoms with E-state index in [-0.39, 0.29) is 32.6 Å². The van der Waals surface area contributed by atoms with Gasteiger partial charge in [0.05, 0.1) is 6.54 Å². The number of amides is 3. The molecular weight excluding hydrogens is 564 g/mol. The summed E-state index contributed by atoms with van der Waals surface area (Å²) in [5.41, 5.74) is 2.65. The maximum atomic E-state index is 12.9. The molecule has 11 nitrogen and oxygen atoms in total. The van der Waals surface area contributed by atoms with E-state index in [1.807, 2.05) is 60.7 Å². The molecule has 0 fully saturated rings. The highest BCUT2D eigenvalue weighted by atomic mass is 16.5. The number of rotatable bonds is 14. The number of aromatic nitrogens is 1. The largest absolute Gasteiger partial charge is 0.461 e. The quantitative estimate of drug-likeness (QED) is 0.163. The predicted octanol–water partition coefficient (Wildman–Crippen LogP) is 3.15. The van der Waals surface area contributed by atoms with Gasteiger partial charge in [0.1, 0.15) is 31.0 Å². The number of aromatic amines is 1. The first-order valence-electron chi connectivity index (χ1n) is 14.1. The number of fused-ring (bicyclic) bond motifs is 1. The molecule has 4 rings (SSSR count). The molecule has 0 radical (unpaired) electrons. The van der Waals surface area contributed by atoms with Gasteiger partial charge >= 0.3 is 11.9 Å². The molecule has 1 aromatic heterocycles. The standard InChI is InChI=1S/C33H34N4O7/c1-22(35-29(38)19-34-32(41)28-18-25-14-8-9-15-26(25)36-28)31(40)37-27(33(42)44-21-24-12-6-3-7-13-24)16-17-30(39)43-20-23-10-4-2-5-11-23/h2-15,18,22,27,36H,16-17,19-21H2,1H3,(H,34,41)(H,35,38)(H,37,40)/t22-,27+/m0/s1. The molecule has 0 spiro atoms. The first kappa shape index (κ1) is 31.5. The number of benzene rings is 3. The molecule has 0 aliphatic rings. The number of ether oxygens (including phenoxy) is 2. The van der Waals surface area contributed by atoms with E-state index >= 15 is 0 Å². The number of carbonyl (C=O) groups excluding carboxylic acids is 5. The second-order valence-corrected chi connectivity index (χ2v) is 10.1. The van der Waals surface area contributed by atoms with Crippen LogP contribution in [0.1, 0.15) is 41.4 Å². The molecule has 1 heterocycles. The van der Waals surface area contributed by atoms with Gasteiger partial charge in [0.25, 0.3) is 5.91 Å². The van der Waals surface area contributed by atoms with Crippen molar-refractivity contribution >= 4 is 40.6 Å². The Morgan fingerprint density at radius 3 is 2.05 bits per heavy atom. The van der Waals surface area contributed by atoms with Gasteiger partial charge in [-0.25, -0.2) is 4.79 Å². The van der Waals surface area contributed by atoms with Crippen LogP contribution in [0.15, 0.2) is 91.0 Å². The second-order valence-electron chi connectivity index (χ2n) is 10.1. The Hall–Kier alpha value is -5.45. The molecule has 11 heteroatoms. The van der Waals surface area contributed by atoms with Crippen molar-refractivity contribution in [1.29, 1.82) is 0 Å². The van der Waals surface area contributed by atoms with Crippen molar-refractivity contribution in [2.75, 3.05) is 6.54 Å². The predicted molar refractivity (Wildman–Crippen MR) is 162 cm³/mol. The maximum absolute atomic E-state index is 12.9. The van der Waals surface area contributed by atoms with E-state index in [0.29, 0.717) is 5.69 Å². The molecule has 0 saturated carbocycles. The van der Waals surface area contributed by atoms with Crippen molar-refractivity contribution in [2.45, 2.75) is 45.1 Å². The zero-order valence-corrected chi connectivity index (χ0v) is 24.2. The molecule has 44 heavy (non-hydrogen) atoms. The SMILES string of the molecule is C[C@H](NC(=O)CNC(=O)c1cc2ccccc2[nH]1)C(=O)N[C@H](CCC(=O)OCc1ccccc1)C(=O)OCc1ccccc1. The molecule has 0 unspecified atom stereocenters. The maximum Gasteiger partial charge on any atom is 0.328 e. The van der Waals surface area contributed by atoms with E-state index in [9.17, 15) is 24.0 Å². The Kier molecular flexibility index (Phi) is 11.2. The van der Waals surface area contributed by atoms with Crippen LogP contribution in [0.2, 0.25) is 0 Å². The third-order valence-corrected chi connectivity index (χ3v) is 6.66. The summed E-state index contributed by atoms with van der Waals surface area (Å²) in [5.74, 6) is -3.03. The number of carbonyl (C=O) groups is 5. The number of nitrogens with one attached hydrogen (secondary N) is 4. The number of para-hydroxylation sites is 1. The van der Waals surface area contributed by atoms with Crippen molar-refractivity contribution in [1.82, 2.24) is 20.9 Å². The minimum Gasteiger partial charge on any atom is -0.461 e. The van der Waals surface area contributed by atoms with E-state index < -0.39 is 41.7 Å². The molecule has 2 atom stereocenters. The number of hydrogen-bond acceptors (Lipinski definition) is 7. The van der Waals surface area contributed by atoms with Gasteiger partial charge in [0, 0.05) is 17.3 Å². The summed E-state index contributed by atoms with van der Waals surface area (Å²) in [7, 11) is 0. The van der Waals surface area contributed by atoms with Crippen LogP contribution >= 0.6 is 0 Å². The lowest BCUT2D eigenvalue weighted by molar-refractivity contribution is -0.150. The average molecular weight is 599 g/mol. The van der Waals surface area contributed by atoms with Gasteiger partial charge in [-0.2, -0.15) is 0 Å². The Balaban J connectivity index is 1.28. The van der Waals surface area contributed by atoms with Gasteiger partial charge in [-0.15, -0.1) is 0 Å². The fraction of sp³-hybridized carbons (Fsp3) is 0.242. The molecule has 4 aromatic rings. The minimum atomic E-state index is -1.17. The van der Waals surface area contributed by atoms with Crippen molar-refractivity contribution in [3.8, 4) is 0 Å². The van der Waals surface area contributed by atoms with Gasteiger partial charge in [-0.05, 0) is 36.6 Å². The van der Waals surface area contributed by atoms with Crippen LogP contribution in [-0.4, -0.2) is 53.3 Å². The smallest absolute Gasteiger partial charge is 0.328 e. The van der Waals surface area contributed by atoms with E-state index in [1.165, 1.54) is 6.92 Å². The van der Waals surface area contributed by atoms with Crippen molar-refractivity contribution in [2.24, 2.45) is 0 Å². The lowest BCUT2D eigenvalue weighted by Crippen LogP contribution is -2.52. The van der Waals surface area contributed by atoms with Crippen molar-refractivity contribution < 1.29 is 33.4 Å². The van der Waals surface area contributed by atoms with Crippen molar-refractivity contribution in [3.05, 3.63) is 108 Å².